The van der Waals surface area contributed by atoms with Gasteiger partial charge in [-0.1, -0.05) is 0 Å². The molecule has 0 unspecified atom stereocenters. The van der Waals surface area contributed by atoms with Gasteiger partial charge in [0.05, 0.1) is 13.2 Å². The molecule has 0 spiro atoms. The van der Waals surface area contributed by atoms with Gasteiger partial charge in [-0.25, -0.2) is 9.59 Å². The standard InChI is InChI=1S/C20H27NO11/c1-6-27-19(25)13(20(26)28-7-2)8-21-15-14(9-29-10(3)22)32-18(21)17(31-12(5)24)16(15)30-11(4)23/h8,14-18H,6-7,9H2,1-5H3/t14-,15+,16+,17-,18-/m1/s1. The maximum atomic E-state index is 12.4. The smallest absolute Gasteiger partial charge is 0.347 e. The largest absolute Gasteiger partial charge is 0.463 e. The van der Waals surface area contributed by atoms with Crippen LogP contribution < -0.4 is 0 Å². The summed E-state index contributed by atoms with van der Waals surface area (Å²) in [6, 6.07) is -0.841. The Morgan fingerprint density at radius 2 is 1.34 bits per heavy atom. The molecule has 0 aromatic rings. The van der Waals surface area contributed by atoms with Crippen molar-refractivity contribution in [2.45, 2.75) is 65.2 Å². The summed E-state index contributed by atoms with van der Waals surface area (Å²) in [7, 11) is 0. The molecule has 0 amide bonds. The van der Waals surface area contributed by atoms with Crippen LogP contribution in [0, 0.1) is 0 Å². The summed E-state index contributed by atoms with van der Waals surface area (Å²) in [4.78, 5) is 60.9. The van der Waals surface area contributed by atoms with Crippen LogP contribution in [-0.4, -0.2) is 85.1 Å². The van der Waals surface area contributed by atoms with E-state index in [1.54, 1.807) is 13.8 Å². The first-order valence-electron chi connectivity index (χ1n) is 10.1. The highest BCUT2D eigenvalue weighted by atomic mass is 16.6. The Morgan fingerprint density at radius 3 is 1.81 bits per heavy atom. The molecule has 2 rings (SSSR count). The van der Waals surface area contributed by atoms with Crippen molar-refractivity contribution in [2.75, 3.05) is 19.8 Å². The fourth-order valence-corrected chi connectivity index (χ4v) is 3.57. The summed E-state index contributed by atoms with van der Waals surface area (Å²) in [6.45, 7) is 6.56. The third kappa shape index (κ3) is 5.75. The highest BCUT2D eigenvalue weighted by Gasteiger charge is 2.62. The van der Waals surface area contributed by atoms with Crippen molar-refractivity contribution >= 4 is 29.8 Å². The van der Waals surface area contributed by atoms with E-state index in [2.05, 4.69) is 0 Å². The zero-order valence-electron chi connectivity index (χ0n) is 18.5. The Labute approximate surface area is 184 Å². The number of esters is 5. The number of fused-ring (bicyclic) bond motifs is 2. The van der Waals surface area contributed by atoms with Crippen molar-refractivity contribution in [1.29, 1.82) is 0 Å². The van der Waals surface area contributed by atoms with Gasteiger partial charge in [0, 0.05) is 27.0 Å². The zero-order valence-corrected chi connectivity index (χ0v) is 18.5. The first-order valence-corrected chi connectivity index (χ1v) is 10.1. The maximum Gasteiger partial charge on any atom is 0.347 e. The number of rotatable bonds is 9. The van der Waals surface area contributed by atoms with Gasteiger partial charge in [0.15, 0.2) is 24.0 Å². The average molecular weight is 457 g/mol. The molecule has 0 radical (unpaired) electrons. The van der Waals surface area contributed by atoms with Crippen molar-refractivity contribution in [3.63, 3.8) is 0 Å². The summed E-state index contributed by atoms with van der Waals surface area (Å²) in [6.07, 6.45) is -2.75. The molecular formula is C20H27NO11. The maximum absolute atomic E-state index is 12.4. The summed E-state index contributed by atoms with van der Waals surface area (Å²) in [5.41, 5.74) is -0.425. The van der Waals surface area contributed by atoms with Gasteiger partial charge in [0.25, 0.3) is 0 Å². The third-order valence-electron chi connectivity index (χ3n) is 4.60. The SMILES string of the molecule is CCOC(=O)C(=CN1[C@@H]2[C@H](OC(C)=O)[C@@H](OC(C)=O)[C@H]1O[C@@H]2COC(C)=O)C(=O)OCC. The molecule has 2 bridgehead atoms. The summed E-state index contributed by atoms with van der Waals surface area (Å²) in [5, 5.41) is 0. The van der Waals surface area contributed by atoms with Crippen LogP contribution in [0.3, 0.4) is 0 Å². The minimum absolute atomic E-state index is 0.0140. The molecule has 2 aliphatic rings. The highest BCUT2D eigenvalue weighted by molar-refractivity contribution is 6.14. The van der Waals surface area contributed by atoms with Gasteiger partial charge in [0.1, 0.15) is 18.8 Å². The van der Waals surface area contributed by atoms with Gasteiger partial charge in [0.2, 0.25) is 0 Å². The first kappa shape index (κ1) is 25.1. The van der Waals surface area contributed by atoms with Crippen LogP contribution >= 0.6 is 0 Å². The van der Waals surface area contributed by atoms with Crippen molar-refractivity contribution in [3.05, 3.63) is 11.8 Å². The van der Waals surface area contributed by atoms with Crippen molar-refractivity contribution in [3.8, 4) is 0 Å². The van der Waals surface area contributed by atoms with Crippen LogP contribution in [0.4, 0.5) is 0 Å². The number of hydrogen-bond donors (Lipinski definition) is 0. The predicted octanol–water partition coefficient (Wildman–Crippen LogP) is -0.168. The lowest BCUT2D eigenvalue weighted by Crippen LogP contribution is -2.51. The second-order valence-electron chi connectivity index (χ2n) is 6.94. The fourth-order valence-electron chi connectivity index (χ4n) is 3.57. The second kappa shape index (κ2) is 10.9. The third-order valence-corrected chi connectivity index (χ3v) is 4.60. The molecule has 0 aromatic heterocycles. The molecule has 12 heteroatoms. The normalized spacial score (nSPS) is 25.5. The van der Waals surface area contributed by atoms with Crippen LogP contribution in [0.2, 0.25) is 0 Å². The molecule has 2 heterocycles. The van der Waals surface area contributed by atoms with Gasteiger partial charge in [-0.15, -0.1) is 0 Å². The molecule has 0 N–H and O–H groups in total. The Bertz CT molecular complexity index is 772. The van der Waals surface area contributed by atoms with Gasteiger partial charge in [-0.2, -0.15) is 0 Å². The summed E-state index contributed by atoms with van der Waals surface area (Å²) in [5.74, 6) is -3.72. The van der Waals surface area contributed by atoms with Crippen LogP contribution in [0.15, 0.2) is 11.8 Å². The van der Waals surface area contributed by atoms with Crippen molar-refractivity contribution < 1.29 is 52.4 Å². The molecular weight excluding hydrogens is 430 g/mol. The van der Waals surface area contributed by atoms with E-state index >= 15 is 0 Å². The molecule has 178 valence electrons. The Kier molecular flexibility index (Phi) is 8.58. The van der Waals surface area contributed by atoms with E-state index in [4.69, 9.17) is 28.4 Å². The average Bonchev–Trinajstić information content (AvgIpc) is 3.16. The highest BCUT2D eigenvalue weighted by Crippen LogP contribution is 2.41. The van der Waals surface area contributed by atoms with E-state index in [0.29, 0.717) is 0 Å². The monoisotopic (exact) mass is 457 g/mol. The van der Waals surface area contributed by atoms with E-state index in [9.17, 15) is 24.0 Å². The number of carbonyl (C=O) groups excluding carboxylic acids is 5. The minimum Gasteiger partial charge on any atom is -0.463 e. The number of hydrogen-bond acceptors (Lipinski definition) is 12. The Balaban J connectivity index is 2.48. The molecule has 5 atom stereocenters. The van der Waals surface area contributed by atoms with Gasteiger partial charge < -0.3 is 33.3 Å². The van der Waals surface area contributed by atoms with Gasteiger partial charge >= 0.3 is 29.8 Å². The lowest BCUT2D eigenvalue weighted by Gasteiger charge is -2.31. The molecule has 2 aliphatic heterocycles. The number of carbonyl (C=O) groups is 5. The molecule has 0 saturated carbocycles. The first-order chi connectivity index (χ1) is 15.1. The second-order valence-corrected chi connectivity index (χ2v) is 6.94. The van der Waals surface area contributed by atoms with Gasteiger partial charge in [-0.3, -0.25) is 14.4 Å². The van der Waals surface area contributed by atoms with E-state index in [0.717, 1.165) is 0 Å². The molecule has 2 fully saturated rings. The quantitative estimate of drug-likeness (QED) is 0.149. The lowest BCUT2D eigenvalue weighted by molar-refractivity contribution is -0.189. The van der Waals surface area contributed by atoms with Gasteiger partial charge in [-0.05, 0) is 13.8 Å². The lowest BCUT2D eigenvalue weighted by atomic mass is 10.0. The summed E-state index contributed by atoms with van der Waals surface area (Å²) >= 11 is 0. The van der Waals surface area contributed by atoms with Crippen LogP contribution in [0.1, 0.15) is 34.6 Å². The number of ether oxygens (including phenoxy) is 6. The predicted molar refractivity (Wildman–Crippen MR) is 103 cm³/mol. The van der Waals surface area contributed by atoms with Crippen LogP contribution in [-0.2, 0) is 52.4 Å². The Hall–Kier alpha value is -3.15. The molecule has 0 aromatic carbocycles. The van der Waals surface area contributed by atoms with Crippen LogP contribution in [0.5, 0.6) is 0 Å². The molecule has 0 aliphatic carbocycles. The van der Waals surface area contributed by atoms with Crippen LogP contribution in [0.25, 0.3) is 0 Å². The Morgan fingerprint density at radius 1 is 0.812 bits per heavy atom. The summed E-state index contributed by atoms with van der Waals surface area (Å²) < 4.78 is 31.5. The van der Waals surface area contributed by atoms with Crippen molar-refractivity contribution in [2.24, 2.45) is 0 Å². The van der Waals surface area contributed by atoms with Crippen molar-refractivity contribution in [1.82, 2.24) is 4.90 Å². The van der Waals surface area contributed by atoms with E-state index in [1.165, 1.54) is 31.9 Å². The van der Waals surface area contributed by atoms with E-state index in [-0.39, 0.29) is 19.8 Å². The molecule has 32 heavy (non-hydrogen) atoms. The topological polar surface area (TPSA) is 144 Å². The minimum atomic E-state index is -1.06. The number of nitrogens with zero attached hydrogens (tertiary/aromatic N) is 1. The fraction of sp³-hybridized carbons (Fsp3) is 0.650. The molecule has 2 saturated heterocycles. The van der Waals surface area contributed by atoms with E-state index < -0.39 is 66.0 Å². The molecule has 12 nitrogen and oxygen atoms in total. The zero-order chi connectivity index (χ0) is 24.0. The van der Waals surface area contributed by atoms with E-state index in [1.807, 2.05) is 0 Å².